The third-order valence-electron chi connectivity index (χ3n) is 5.47. The lowest BCUT2D eigenvalue weighted by Gasteiger charge is -2.35. The molecule has 0 spiro atoms. The quantitative estimate of drug-likeness (QED) is 0.277. The van der Waals surface area contributed by atoms with E-state index >= 15 is 0 Å². The Hall–Kier alpha value is -4.89. The lowest BCUT2D eigenvalue weighted by atomic mass is 9.81. The fourth-order valence-electron chi connectivity index (χ4n) is 3.93. The molecule has 4 N–H and O–H groups in total. The molecule has 0 fully saturated rings. The van der Waals surface area contributed by atoms with Gasteiger partial charge in [0.05, 0.1) is 54.6 Å². The van der Waals surface area contributed by atoms with Crippen molar-refractivity contribution in [3.63, 3.8) is 0 Å². The van der Waals surface area contributed by atoms with Crippen molar-refractivity contribution >= 4 is 29.0 Å². The molecule has 36 heavy (non-hydrogen) atoms. The smallest absolute Gasteiger partial charge is 0.355 e. The monoisotopic (exact) mass is 493 g/mol. The number of benzene rings is 2. The first kappa shape index (κ1) is 25.7. The van der Waals surface area contributed by atoms with Crippen LogP contribution in [-0.2, 0) is 19.1 Å². The summed E-state index contributed by atoms with van der Waals surface area (Å²) in [6, 6.07) is 14.4. The molecule has 1 atom stereocenters. The number of esters is 2. The van der Waals surface area contributed by atoms with Gasteiger partial charge in [-0.05, 0) is 17.7 Å². The highest BCUT2D eigenvalue weighted by atomic mass is 16.6. The number of allylic oxidation sites excluding steroid dienone is 1. The zero-order chi connectivity index (χ0) is 26.4. The molecular weight excluding hydrogens is 470 g/mol. The number of nitrogens with two attached hydrogens (primary N) is 1. The summed E-state index contributed by atoms with van der Waals surface area (Å²) in [4.78, 5) is 38.3. The molecule has 1 heterocycles. The third-order valence-corrected chi connectivity index (χ3v) is 5.47. The van der Waals surface area contributed by atoms with Crippen molar-refractivity contribution in [1.82, 2.24) is 0 Å². The summed E-state index contributed by atoms with van der Waals surface area (Å²) < 4.78 is 9.90. The van der Waals surface area contributed by atoms with E-state index in [9.17, 15) is 25.0 Å². The summed E-state index contributed by atoms with van der Waals surface area (Å²) in [7, 11) is 2.22. The second-order valence-corrected chi connectivity index (χ2v) is 7.44. The van der Waals surface area contributed by atoms with E-state index in [0.717, 1.165) is 25.2 Å². The summed E-state index contributed by atoms with van der Waals surface area (Å²) in [5, 5.41) is 33.6. The Balaban J connectivity index is 2.37. The number of nitrogens with zero attached hydrogens (tertiary/aromatic N) is 3. The second kappa shape index (κ2) is 11.0. The van der Waals surface area contributed by atoms with Crippen molar-refractivity contribution in [3.8, 4) is 6.07 Å². The molecule has 1 aliphatic rings. The van der Waals surface area contributed by atoms with Gasteiger partial charge in [-0.2, -0.15) is 5.26 Å². The molecule has 0 aromatic heterocycles. The number of nitrogens with one attached hydrogen (secondary N) is 1. The summed E-state index contributed by atoms with van der Waals surface area (Å²) in [6.07, 6.45) is 0. The Bertz CT molecular complexity index is 1300. The van der Waals surface area contributed by atoms with Crippen LogP contribution in [0.15, 0.2) is 71.2 Å². The number of aliphatic hydroxyl groups excluding tert-OH is 1. The molecular formula is C24H23N5O7. The molecule has 0 bridgehead atoms. The highest BCUT2D eigenvalue weighted by molar-refractivity contribution is 6.06. The standard InChI is InChI=1S/C24H23N5O7/c1-35-23(31)20-19(14-6-4-3-5-7-14)16(13-25)22(26)28(21(20)24(32)36-2)15-8-9-17(27-10-11-30)18(12-15)29(33)34/h3-9,12,19,27,30H,10-11,26H2,1-2H3. The first-order chi connectivity index (χ1) is 17.3. The first-order valence-corrected chi connectivity index (χ1v) is 10.6. The number of hydrogen-bond donors (Lipinski definition) is 3. The fraction of sp³-hybridized carbons (Fsp3) is 0.208. The number of carbonyl (C=O) groups excluding carboxylic acids is 2. The van der Waals surface area contributed by atoms with E-state index in [-0.39, 0.29) is 52.9 Å². The predicted molar refractivity (Wildman–Crippen MR) is 128 cm³/mol. The van der Waals surface area contributed by atoms with Gasteiger partial charge in [0, 0.05) is 12.6 Å². The van der Waals surface area contributed by atoms with Crippen LogP contribution in [0.5, 0.6) is 0 Å². The van der Waals surface area contributed by atoms with Gasteiger partial charge in [0.2, 0.25) is 0 Å². The van der Waals surface area contributed by atoms with Gasteiger partial charge in [-0.25, -0.2) is 9.59 Å². The average molecular weight is 493 g/mol. The summed E-state index contributed by atoms with van der Waals surface area (Å²) in [6.45, 7) is -0.200. The Morgan fingerprint density at radius 2 is 1.86 bits per heavy atom. The molecule has 12 nitrogen and oxygen atoms in total. The van der Waals surface area contributed by atoms with Gasteiger partial charge in [0.1, 0.15) is 17.2 Å². The summed E-state index contributed by atoms with van der Waals surface area (Å²) >= 11 is 0. The van der Waals surface area contributed by atoms with E-state index in [1.54, 1.807) is 30.3 Å². The van der Waals surface area contributed by atoms with Gasteiger partial charge < -0.3 is 25.6 Å². The zero-order valence-corrected chi connectivity index (χ0v) is 19.4. The van der Waals surface area contributed by atoms with Gasteiger partial charge in [-0.15, -0.1) is 0 Å². The van der Waals surface area contributed by atoms with Crippen molar-refractivity contribution in [2.75, 3.05) is 37.6 Å². The molecule has 0 saturated carbocycles. The SMILES string of the molecule is COC(=O)C1=C(C(=O)OC)N(c2ccc(NCCO)c([N+](=O)[O-])c2)C(N)=C(C#N)C1c1ccccc1. The molecule has 186 valence electrons. The number of rotatable bonds is 8. The number of aliphatic hydroxyl groups is 1. The van der Waals surface area contributed by atoms with E-state index in [4.69, 9.17) is 20.3 Å². The maximum absolute atomic E-state index is 13.1. The summed E-state index contributed by atoms with van der Waals surface area (Å²) in [5.41, 5.74) is 6.00. The topological polar surface area (TPSA) is 181 Å². The van der Waals surface area contributed by atoms with Gasteiger partial charge in [-0.1, -0.05) is 30.3 Å². The van der Waals surface area contributed by atoms with Gasteiger partial charge >= 0.3 is 11.9 Å². The Labute approximate surface area is 206 Å². The molecule has 0 radical (unpaired) electrons. The van der Waals surface area contributed by atoms with E-state index < -0.39 is 22.8 Å². The predicted octanol–water partition coefficient (Wildman–Crippen LogP) is 1.90. The van der Waals surface area contributed by atoms with Crippen molar-refractivity contribution in [1.29, 1.82) is 5.26 Å². The Kier molecular flexibility index (Phi) is 7.88. The number of nitriles is 1. The lowest BCUT2D eigenvalue weighted by molar-refractivity contribution is -0.383. The zero-order valence-electron chi connectivity index (χ0n) is 19.4. The van der Waals surface area contributed by atoms with E-state index in [2.05, 4.69) is 5.32 Å². The molecule has 12 heteroatoms. The van der Waals surface area contributed by atoms with Crippen LogP contribution in [0.1, 0.15) is 11.5 Å². The molecule has 0 saturated heterocycles. The number of anilines is 2. The second-order valence-electron chi connectivity index (χ2n) is 7.44. The Morgan fingerprint density at radius 3 is 2.42 bits per heavy atom. The van der Waals surface area contributed by atoms with Crippen LogP contribution in [-0.4, -0.2) is 49.3 Å². The molecule has 1 aliphatic heterocycles. The van der Waals surface area contributed by atoms with E-state index in [1.807, 2.05) is 6.07 Å². The highest BCUT2D eigenvalue weighted by Gasteiger charge is 2.43. The number of nitro benzene ring substituents is 1. The van der Waals surface area contributed by atoms with Gasteiger partial charge in [0.25, 0.3) is 5.69 Å². The van der Waals surface area contributed by atoms with Crippen LogP contribution < -0.4 is 16.0 Å². The molecule has 2 aromatic rings. The van der Waals surface area contributed by atoms with Gasteiger partial charge in [0.15, 0.2) is 0 Å². The molecule has 1 unspecified atom stereocenters. The van der Waals surface area contributed by atoms with Crippen molar-refractivity contribution < 1.29 is 29.1 Å². The van der Waals surface area contributed by atoms with Crippen molar-refractivity contribution in [2.24, 2.45) is 5.73 Å². The van der Waals surface area contributed by atoms with Crippen molar-refractivity contribution in [3.05, 3.63) is 86.9 Å². The minimum Gasteiger partial charge on any atom is -0.466 e. The normalized spacial score (nSPS) is 15.3. The van der Waals surface area contributed by atoms with Crippen LogP contribution >= 0.6 is 0 Å². The minimum atomic E-state index is -1.06. The first-order valence-electron chi connectivity index (χ1n) is 10.6. The van der Waals surface area contributed by atoms with Crippen LogP contribution in [0.4, 0.5) is 17.1 Å². The maximum atomic E-state index is 13.1. The van der Waals surface area contributed by atoms with E-state index in [1.165, 1.54) is 12.1 Å². The number of ether oxygens (including phenoxy) is 2. The molecule has 0 aliphatic carbocycles. The van der Waals surface area contributed by atoms with E-state index in [0.29, 0.717) is 5.56 Å². The molecule has 3 rings (SSSR count). The van der Waals surface area contributed by atoms with Crippen LogP contribution in [0.25, 0.3) is 0 Å². The molecule has 2 aromatic carbocycles. The minimum absolute atomic E-state index is 0.0230. The Morgan fingerprint density at radius 1 is 1.19 bits per heavy atom. The number of nitro groups is 1. The van der Waals surface area contributed by atoms with Crippen LogP contribution in [0.2, 0.25) is 0 Å². The average Bonchev–Trinajstić information content (AvgIpc) is 2.90. The lowest BCUT2D eigenvalue weighted by Crippen LogP contribution is -2.40. The highest BCUT2D eigenvalue weighted by Crippen LogP contribution is 2.44. The number of methoxy groups -OCH3 is 2. The molecule has 0 amide bonds. The summed E-state index contributed by atoms with van der Waals surface area (Å²) in [5.74, 6) is -3.16. The van der Waals surface area contributed by atoms with Crippen LogP contribution in [0.3, 0.4) is 0 Å². The number of hydrogen-bond acceptors (Lipinski definition) is 11. The van der Waals surface area contributed by atoms with Crippen LogP contribution in [0, 0.1) is 21.4 Å². The van der Waals surface area contributed by atoms with Gasteiger partial charge in [-0.3, -0.25) is 15.0 Å². The van der Waals surface area contributed by atoms with Crippen molar-refractivity contribution in [2.45, 2.75) is 5.92 Å². The largest absolute Gasteiger partial charge is 0.466 e. The maximum Gasteiger partial charge on any atom is 0.355 e. The number of carbonyl (C=O) groups is 2. The fourth-order valence-corrected chi connectivity index (χ4v) is 3.93. The third kappa shape index (κ3) is 4.68.